The number of hydrogen-bond acceptors (Lipinski definition) is 4. The van der Waals surface area contributed by atoms with E-state index in [-0.39, 0.29) is 18.1 Å². The standard InChI is InChI=1S/C14H18N2O3/c1-14(2,3)16-13(17)9-19-12-6-10(8-15)5-11(7-12)18-4/h5-7H,9H2,1-4H3,(H,16,17). The van der Waals surface area contributed by atoms with Crippen molar-refractivity contribution in [3.05, 3.63) is 23.8 Å². The van der Waals surface area contributed by atoms with Crippen molar-refractivity contribution in [2.75, 3.05) is 13.7 Å². The zero-order valence-electron chi connectivity index (χ0n) is 11.6. The van der Waals surface area contributed by atoms with Gasteiger partial charge in [0.25, 0.3) is 5.91 Å². The summed E-state index contributed by atoms with van der Waals surface area (Å²) in [5.41, 5.74) is 0.123. The predicted octanol–water partition coefficient (Wildman–Crippen LogP) is 1.86. The first-order valence-electron chi connectivity index (χ1n) is 5.87. The summed E-state index contributed by atoms with van der Waals surface area (Å²) in [5.74, 6) is 0.735. The Morgan fingerprint density at radius 1 is 1.32 bits per heavy atom. The SMILES string of the molecule is COc1cc(C#N)cc(OCC(=O)NC(C)(C)C)c1. The smallest absolute Gasteiger partial charge is 0.258 e. The van der Waals surface area contributed by atoms with Gasteiger partial charge in [-0.05, 0) is 32.9 Å². The van der Waals surface area contributed by atoms with Gasteiger partial charge in [0.2, 0.25) is 0 Å². The van der Waals surface area contributed by atoms with Crippen LogP contribution >= 0.6 is 0 Å². The van der Waals surface area contributed by atoms with E-state index < -0.39 is 0 Å². The Morgan fingerprint density at radius 2 is 1.95 bits per heavy atom. The van der Waals surface area contributed by atoms with Crippen LogP contribution in [0.1, 0.15) is 26.3 Å². The maximum absolute atomic E-state index is 11.6. The van der Waals surface area contributed by atoms with E-state index in [1.165, 1.54) is 7.11 Å². The zero-order chi connectivity index (χ0) is 14.5. The first kappa shape index (κ1) is 14.8. The lowest BCUT2D eigenvalue weighted by molar-refractivity contribution is -0.124. The minimum Gasteiger partial charge on any atom is -0.497 e. The summed E-state index contributed by atoms with van der Waals surface area (Å²) in [5, 5.41) is 11.7. The summed E-state index contributed by atoms with van der Waals surface area (Å²) in [4.78, 5) is 11.6. The number of nitrogens with zero attached hydrogens (tertiary/aromatic N) is 1. The molecule has 0 unspecified atom stereocenters. The van der Waals surface area contributed by atoms with Gasteiger partial charge in [0.1, 0.15) is 11.5 Å². The topological polar surface area (TPSA) is 71.3 Å². The number of nitriles is 1. The number of amides is 1. The summed E-state index contributed by atoms with van der Waals surface area (Å²) >= 11 is 0. The number of methoxy groups -OCH3 is 1. The monoisotopic (exact) mass is 262 g/mol. The highest BCUT2D eigenvalue weighted by molar-refractivity contribution is 5.78. The van der Waals surface area contributed by atoms with Gasteiger partial charge in [0.05, 0.1) is 18.7 Å². The van der Waals surface area contributed by atoms with Crippen LogP contribution in [0.4, 0.5) is 0 Å². The molecule has 0 heterocycles. The van der Waals surface area contributed by atoms with Gasteiger partial charge in [-0.2, -0.15) is 5.26 Å². The van der Waals surface area contributed by atoms with Crippen molar-refractivity contribution in [1.82, 2.24) is 5.32 Å². The van der Waals surface area contributed by atoms with E-state index in [4.69, 9.17) is 14.7 Å². The average Bonchev–Trinajstić information content (AvgIpc) is 2.33. The summed E-state index contributed by atoms with van der Waals surface area (Å²) < 4.78 is 10.4. The molecule has 5 heteroatoms. The van der Waals surface area contributed by atoms with Crippen LogP contribution in [0.5, 0.6) is 11.5 Å². The molecule has 0 saturated carbocycles. The van der Waals surface area contributed by atoms with E-state index in [1.54, 1.807) is 18.2 Å². The molecule has 0 fully saturated rings. The van der Waals surface area contributed by atoms with Crippen LogP contribution in [-0.4, -0.2) is 25.2 Å². The van der Waals surface area contributed by atoms with Crippen LogP contribution < -0.4 is 14.8 Å². The largest absolute Gasteiger partial charge is 0.497 e. The Hall–Kier alpha value is -2.22. The maximum atomic E-state index is 11.6. The number of hydrogen-bond donors (Lipinski definition) is 1. The van der Waals surface area contributed by atoms with Gasteiger partial charge in [0, 0.05) is 11.6 Å². The van der Waals surface area contributed by atoms with Crippen molar-refractivity contribution in [3.8, 4) is 17.6 Å². The molecule has 0 atom stereocenters. The number of nitrogens with one attached hydrogen (secondary N) is 1. The molecule has 1 N–H and O–H groups in total. The molecule has 102 valence electrons. The summed E-state index contributed by atoms with van der Waals surface area (Å²) in [7, 11) is 1.51. The Morgan fingerprint density at radius 3 is 2.47 bits per heavy atom. The third kappa shape index (κ3) is 5.30. The van der Waals surface area contributed by atoms with Crippen molar-refractivity contribution < 1.29 is 14.3 Å². The molecular weight excluding hydrogens is 244 g/mol. The first-order valence-corrected chi connectivity index (χ1v) is 5.87. The normalized spacial score (nSPS) is 10.5. The van der Waals surface area contributed by atoms with Gasteiger partial charge in [-0.25, -0.2) is 0 Å². The molecular formula is C14H18N2O3. The Balaban J connectivity index is 2.68. The van der Waals surface area contributed by atoms with Crippen LogP contribution in [0.25, 0.3) is 0 Å². The predicted molar refractivity (Wildman–Crippen MR) is 71.1 cm³/mol. The fourth-order valence-corrected chi connectivity index (χ4v) is 1.44. The molecule has 0 aromatic heterocycles. The van der Waals surface area contributed by atoms with Crippen LogP contribution in [0, 0.1) is 11.3 Å². The number of benzene rings is 1. The molecule has 1 amide bonds. The molecule has 0 spiro atoms. The van der Waals surface area contributed by atoms with Crippen molar-refractivity contribution in [2.24, 2.45) is 0 Å². The molecule has 1 aromatic rings. The molecule has 0 aliphatic carbocycles. The molecule has 0 bridgehead atoms. The Kier molecular flexibility index (Phi) is 4.76. The summed E-state index contributed by atoms with van der Waals surface area (Å²) in [6.07, 6.45) is 0. The molecule has 19 heavy (non-hydrogen) atoms. The summed E-state index contributed by atoms with van der Waals surface area (Å²) in [6, 6.07) is 6.80. The van der Waals surface area contributed by atoms with Gasteiger partial charge >= 0.3 is 0 Å². The number of carbonyl (C=O) groups excluding carboxylic acids is 1. The lowest BCUT2D eigenvalue weighted by Gasteiger charge is -2.20. The van der Waals surface area contributed by atoms with Crippen molar-refractivity contribution in [1.29, 1.82) is 5.26 Å². The van der Waals surface area contributed by atoms with E-state index in [0.29, 0.717) is 17.1 Å². The molecule has 0 saturated heterocycles. The quantitative estimate of drug-likeness (QED) is 0.899. The second kappa shape index (κ2) is 6.10. The highest BCUT2D eigenvalue weighted by Crippen LogP contribution is 2.22. The minimum absolute atomic E-state index is 0.102. The second-order valence-corrected chi connectivity index (χ2v) is 5.10. The van der Waals surface area contributed by atoms with E-state index in [9.17, 15) is 4.79 Å². The fourth-order valence-electron chi connectivity index (χ4n) is 1.44. The minimum atomic E-state index is -0.299. The van der Waals surface area contributed by atoms with E-state index >= 15 is 0 Å². The molecule has 5 nitrogen and oxygen atoms in total. The number of ether oxygens (including phenoxy) is 2. The van der Waals surface area contributed by atoms with Crippen LogP contribution in [0.15, 0.2) is 18.2 Å². The second-order valence-electron chi connectivity index (χ2n) is 5.10. The molecule has 0 aliphatic rings. The first-order chi connectivity index (χ1) is 8.84. The molecule has 1 aromatic carbocycles. The molecule has 0 aliphatic heterocycles. The maximum Gasteiger partial charge on any atom is 0.258 e. The molecule has 0 radical (unpaired) electrons. The van der Waals surface area contributed by atoms with Gasteiger partial charge in [0.15, 0.2) is 6.61 Å². The van der Waals surface area contributed by atoms with E-state index in [2.05, 4.69) is 5.32 Å². The van der Waals surface area contributed by atoms with E-state index in [1.807, 2.05) is 26.8 Å². The van der Waals surface area contributed by atoms with E-state index in [0.717, 1.165) is 0 Å². The highest BCUT2D eigenvalue weighted by Gasteiger charge is 2.14. The zero-order valence-corrected chi connectivity index (χ0v) is 11.6. The number of rotatable bonds is 4. The summed E-state index contributed by atoms with van der Waals surface area (Å²) in [6.45, 7) is 5.58. The van der Waals surface area contributed by atoms with Gasteiger partial charge < -0.3 is 14.8 Å². The van der Waals surface area contributed by atoms with Crippen molar-refractivity contribution in [3.63, 3.8) is 0 Å². The Bertz CT molecular complexity index is 498. The van der Waals surface area contributed by atoms with Crippen LogP contribution in [0.3, 0.4) is 0 Å². The lowest BCUT2D eigenvalue weighted by Crippen LogP contribution is -2.43. The highest BCUT2D eigenvalue weighted by atomic mass is 16.5. The van der Waals surface area contributed by atoms with Crippen molar-refractivity contribution in [2.45, 2.75) is 26.3 Å². The molecule has 1 rings (SSSR count). The van der Waals surface area contributed by atoms with Crippen LogP contribution in [0.2, 0.25) is 0 Å². The lowest BCUT2D eigenvalue weighted by atomic mass is 10.1. The number of carbonyl (C=O) groups is 1. The van der Waals surface area contributed by atoms with Crippen LogP contribution in [-0.2, 0) is 4.79 Å². The third-order valence-corrected chi connectivity index (χ3v) is 2.13. The van der Waals surface area contributed by atoms with Crippen molar-refractivity contribution >= 4 is 5.91 Å². The fraction of sp³-hybridized carbons (Fsp3) is 0.429. The van der Waals surface area contributed by atoms with Gasteiger partial charge in [-0.15, -0.1) is 0 Å². The average molecular weight is 262 g/mol. The van der Waals surface area contributed by atoms with Gasteiger partial charge in [-0.3, -0.25) is 4.79 Å². The van der Waals surface area contributed by atoms with Gasteiger partial charge in [-0.1, -0.05) is 0 Å². The Labute approximate surface area is 113 Å². The third-order valence-electron chi connectivity index (χ3n) is 2.13.